The largest absolute Gasteiger partial charge is 0.489 e. The van der Waals surface area contributed by atoms with Crippen LogP contribution in [0.1, 0.15) is 37.5 Å². The molecule has 0 aromatic heterocycles. The highest BCUT2D eigenvalue weighted by molar-refractivity contribution is 5.27. The van der Waals surface area contributed by atoms with E-state index in [1.807, 2.05) is 12.1 Å². The number of nitrogens with one attached hydrogen (secondary N) is 1. The monoisotopic (exact) mass is 283 g/mol. The fourth-order valence-corrected chi connectivity index (χ4v) is 1.92. The normalized spacial score (nSPS) is 11.4. The molecule has 2 rings (SSSR count). The lowest BCUT2D eigenvalue weighted by Crippen LogP contribution is -2.35. The summed E-state index contributed by atoms with van der Waals surface area (Å²) >= 11 is 0. The fourth-order valence-electron chi connectivity index (χ4n) is 1.92. The molecule has 0 spiro atoms. The third kappa shape index (κ3) is 5.60. The van der Waals surface area contributed by atoms with Crippen LogP contribution >= 0.6 is 0 Å². The molecule has 0 bridgehead atoms. The predicted molar refractivity (Wildman–Crippen MR) is 88.5 cm³/mol. The maximum atomic E-state index is 5.79. The number of hydrogen-bond donors (Lipinski definition) is 1. The first-order valence-corrected chi connectivity index (χ1v) is 7.45. The van der Waals surface area contributed by atoms with Crippen LogP contribution in [-0.4, -0.2) is 5.54 Å². The van der Waals surface area contributed by atoms with E-state index in [0.29, 0.717) is 6.61 Å². The van der Waals surface area contributed by atoms with Gasteiger partial charge in [-0.2, -0.15) is 0 Å². The van der Waals surface area contributed by atoms with Crippen molar-refractivity contribution < 1.29 is 4.74 Å². The molecule has 0 unspecified atom stereocenters. The summed E-state index contributed by atoms with van der Waals surface area (Å²) in [5.41, 5.74) is 3.88. The molecule has 112 valence electrons. The van der Waals surface area contributed by atoms with Crippen LogP contribution in [0.4, 0.5) is 0 Å². The Morgan fingerprint density at radius 2 is 1.43 bits per heavy atom. The van der Waals surface area contributed by atoms with Gasteiger partial charge in [0, 0.05) is 12.1 Å². The van der Waals surface area contributed by atoms with Gasteiger partial charge in [-0.3, -0.25) is 0 Å². The molecular formula is C19H25NO. The second-order valence-corrected chi connectivity index (χ2v) is 6.52. The number of aryl methyl sites for hydroxylation is 1. The van der Waals surface area contributed by atoms with E-state index in [2.05, 4.69) is 69.4 Å². The van der Waals surface area contributed by atoms with Gasteiger partial charge in [-0.15, -0.1) is 0 Å². The minimum Gasteiger partial charge on any atom is -0.489 e. The van der Waals surface area contributed by atoms with E-state index < -0.39 is 0 Å². The minimum absolute atomic E-state index is 0.146. The zero-order valence-corrected chi connectivity index (χ0v) is 13.4. The maximum Gasteiger partial charge on any atom is 0.119 e. The number of hydrogen-bond acceptors (Lipinski definition) is 2. The number of rotatable bonds is 5. The summed E-state index contributed by atoms with van der Waals surface area (Å²) in [6, 6.07) is 16.7. The van der Waals surface area contributed by atoms with Crippen LogP contribution in [0, 0.1) is 6.92 Å². The summed E-state index contributed by atoms with van der Waals surface area (Å²) in [4.78, 5) is 0. The quantitative estimate of drug-likeness (QED) is 0.874. The lowest BCUT2D eigenvalue weighted by molar-refractivity contribution is 0.306. The Morgan fingerprint density at radius 1 is 0.857 bits per heavy atom. The summed E-state index contributed by atoms with van der Waals surface area (Å²) < 4.78 is 5.79. The SMILES string of the molecule is Cc1ccc(OCc2ccc(CNC(C)(C)C)cc2)cc1. The van der Waals surface area contributed by atoms with Gasteiger partial charge in [-0.05, 0) is 51.0 Å². The van der Waals surface area contributed by atoms with Crippen molar-refractivity contribution in [3.63, 3.8) is 0 Å². The van der Waals surface area contributed by atoms with Gasteiger partial charge in [-0.1, -0.05) is 42.0 Å². The molecule has 2 aromatic carbocycles. The van der Waals surface area contributed by atoms with E-state index in [1.54, 1.807) is 0 Å². The smallest absolute Gasteiger partial charge is 0.119 e. The maximum absolute atomic E-state index is 5.79. The van der Waals surface area contributed by atoms with Gasteiger partial charge >= 0.3 is 0 Å². The Kier molecular flexibility index (Phi) is 5.03. The van der Waals surface area contributed by atoms with Gasteiger partial charge in [0.2, 0.25) is 0 Å². The molecule has 2 heteroatoms. The van der Waals surface area contributed by atoms with Crippen LogP contribution in [0.15, 0.2) is 48.5 Å². The third-order valence-corrected chi connectivity index (χ3v) is 3.27. The molecule has 0 radical (unpaired) electrons. The Balaban J connectivity index is 1.86. The van der Waals surface area contributed by atoms with Gasteiger partial charge < -0.3 is 10.1 Å². The average molecular weight is 283 g/mol. The molecule has 0 fully saturated rings. The summed E-state index contributed by atoms with van der Waals surface area (Å²) in [7, 11) is 0. The topological polar surface area (TPSA) is 21.3 Å². The number of benzene rings is 2. The van der Waals surface area contributed by atoms with Gasteiger partial charge in [-0.25, -0.2) is 0 Å². The van der Waals surface area contributed by atoms with Gasteiger partial charge in [0.05, 0.1) is 0 Å². The summed E-state index contributed by atoms with van der Waals surface area (Å²) in [5.74, 6) is 0.916. The molecular weight excluding hydrogens is 258 g/mol. The Morgan fingerprint density at radius 3 is 2.00 bits per heavy atom. The lowest BCUT2D eigenvalue weighted by Gasteiger charge is -2.20. The first kappa shape index (κ1) is 15.6. The van der Waals surface area contributed by atoms with Crippen LogP contribution in [0.25, 0.3) is 0 Å². The van der Waals surface area contributed by atoms with Crippen molar-refractivity contribution in [2.45, 2.75) is 46.4 Å². The van der Waals surface area contributed by atoms with Crippen LogP contribution in [-0.2, 0) is 13.2 Å². The lowest BCUT2D eigenvalue weighted by atomic mass is 10.1. The van der Waals surface area contributed by atoms with Crippen LogP contribution in [0.2, 0.25) is 0 Å². The van der Waals surface area contributed by atoms with Crippen LogP contribution in [0.3, 0.4) is 0 Å². The molecule has 21 heavy (non-hydrogen) atoms. The third-order valence-electron chi connectivity index (χ3n) is 3.27. The second-order valence-electron chi connectivity index (χ2n) is 6.52. The van der Waals surface area contributed by atoms with E-state index in [-0.39, 0.29) is 5.54 Å². The molecule has 0 saturated heterocycles. The molecule has 0 atom stereocenters. The zero-order chi connectivity index (χ0) is 15.3. The molecule has 1 N–H and O–H groups in total. The van der Waals surface area contributed by atoms with E-state index in [9.17, 15) is 0 Å². The zero-order valence-electron chi connectivity index (χ0n) is 13.4. The van der Waals surface area contributed by atoms with Crippen LogP contribution in [0.5, 0.6) is 5.75 Å². The van der Waals surface area contributed by atoms with E-state index >= 15 is 0 Å². The van der Waals surface area contributed by atoms with Crippen molar-refractivity contribution >= 4 is 0 Å². The van der Waals surface area contributed by atoms with Crippen molar-refractivity contribution in [1.29, 1.82) is 0 Å². The van der Waals surface area contributed by atoms with Crippen LogP contribution < -0.4 is 10.1 Å². The summed E-state index contributed by atoms with van der Waals surface area (Å²) in [6.07, 6.45) is 0. The summed E-state index contributed by atoms with van der Waals surface area (Å²) in [5, 5.41) is 3.49. The van der Waals surface area contributed by atoms with Crippen molar-refractivity contribution in [1.82, 2.24) is 5.32 Å². The van der Waals surface area contributed by atoms with E-state index in [4.69, 9.17) is 4.74 Å². The Bertz CT molecular complexity index is 550. The molecule has 0 heterocycles. The van der Waals surface area contributed by atoms with E-state index in [1.165, 1.54) is 16.7 Å². The molecule has 0 saturated carbocycles. The predicted octanol–water partition coefficient (Wildman–Crippen LogP) is 4.46. The molecule has 0 amide bonds. The first-order chi connectivity index (χ1) is 9.92. The molecule has 0 aliphatic rings. The Labute approximate surface area is 128 Å². The van der Waals surface area contributed by atoms with Crippen molar-refractivity contribution in [3.8, 4) is 5.75 Å². The van der Waals surface area contributed by atoms with Gasteiger partial charge in [0.15, 0.2) is 0 Å². The molecule has 0 aliphatic heterocycles. The summed E-state index contributed by atoms with van der Waals surface area (Å²) in [6.45, 7) is 10.1. The second kappa shape index (κ2) is 6.77. The fraction of sp³-hybridized carbons (Fsp3) is 0.368. The molecule has 2 aromatic rings. The number of ether oxygens (including phenoxy) is 1. The van der Waals surface area contributed by atoms with E-state index in [0.717, 1.165) is 12.3 Å². The minimum atomic E-state index is 0.146. The Hall–Kier alpha value is -1.80. The highest BCUT2D eigenvalue weighted by atomic mass is 16.5. The van der Waals surface area contributed by atoms with Gasteiger partial charge in [0.1, 0.15) is 12.4 Å². The molecule has 0 aliphatic carbocycles. The van der Waals surface area contributed by atoms with Crippen molar-refractivity contribution in [2.75, 3.05) is 0 Å². The molecule has 2 nitrogen and oxygen atoms in total. The van der Waals surface area contributed by atoms with Gasteiger partial charge in [0.25, 0.3) is 0 Å². The van der Waals surface area contributed by atoms with Crippen molar-refractivity contribution in [3.05, 3.63) is 65.2 Å². The highest BCUT2D eigenvalue weighted by Crippen LogP contribution is 2.14. The van der Waals surface area contributed by atoms with Crippen molar-refractivity contribution in [2.24, 2.45) is 0 Å². The average Bonchev–Trinajstić information content (AvgIpc) is 2.45. The standard InChI is InChI=1S/C19H25NO/c1-15-5-11-18(12-6-15)21-14-17-9-7-16(8-10-17)13-20-19(2,3)4/h5-12,20H,13-14H2,1-4H3. The highest BCUT2D eigenvalue weighted by Gasteiger charge is 2.08. The first-order valence-electron chi connectivity index (χ1n) is 7.45.